The van der Waals surface area contributed by atoms with Crippen LogP contribution < -0.4 is 11.5 Å². The minimum absolute atomic E-state index is 0.553. The summed E-state index contributed by atoms with van der Waals surface area (Å²) in [4.78, 5) is 4.20. The lowest BCUT2D eigenvalue weighted by atomic mass is 10.1. The Balaban J connectivity index is 2.75. The van der Waals surface area contributed by atoms with Crippen molar-refractivity contribution in [2.45, 2.75) is 13.5 Å². The maximum atomic E-state index is 5.81. The quantitative estimate of drug-likeness (QED) is 0.712. The second-order valence-corrected chi connectivity index (χ2v) is 3.41. The van der Waals surface area contributed by atoms with Gasteiger partial charge in [-0.15, -0.1) is 0 Å². The predicted molar refractivity (Wildman–Crippen MR) is 58.8 cm³/mol. The van der Waals surface area contributed by atoms with Gasteiger partial charge in [-0.05, 0) is 30.0 Å². The number of nitrogen functional groups attached to an aromatic ring is 1. The first kappa shape index (κ1) is 8.97. The van der Waals surface area contributed by atoms with Crippen molar-refractivity contribution >= 4 is 16.6 Å². The fourth-order valence-electron chi connectivity index (χ4n) is 1.60. The second-order valence-electron chi connectivity index (χ2n) is 3.41. The van der Waals surface area contributed by atoms with Crippen LogP contribution in [0.5, 0.6) is 0 Å². The fourth-order valence-corrected chi connectivity index (χ4v) is 1.60. The molecule has 0 saturated heterocycles. The molecule has 14 heavy (non-hydrogen) atoms. The van der Waals surface area contributed by atoms with Gasteiger partial charge in [0.15, 0.2) is 0 Å². The van der Waals surface area contributed by atoms with Gasteiger partial charge in [-0.1, -0.05) is 12.1 Å². The molecule has 0 fully saturated rings. The van der Waals surface area contributed by atoms with Gasteiger partial charge in [0.2, 0.25) is 0 Å². The van der Waals surface area contributed by atoms with Gasteiger partial charge in [0.25, 0.3) is 0 Å². The highest BCUT2D eigenvalue weighted by molar-refractivity contribution is 5.91. The molecule has 2 aromatic rings. The van der Waals surface area contributed by atoms with E-state index in [2.05, 4.69) is 11.1 Å². The number of nitrogens with zero attached hydrogens (tertiary/aromatic N) is 1. The van der Waals surface area contributed by atoms with E-state index in [-0.39, 0.29) is 0 Å². The lowest BCUT2D eigenvalue weighted by molar-refractivity contribution is 1.07. The number of aryl methyl sites for hydroxylation is 1. The maximum Gasteiger partial charge on any atom is 0.131 e. The number of aromatic nitrogens is 1. The Kier molecular flexibility index (Phi) is 2.09. The monoisotopic (exact) mass is 187 g/mol. The smallest absolute Gasteiger partial charge is 0.131 e. The molecule has 3 heteroatoms. The first-order valence-electron chi connectivity index (χ1n) is 4.56. The largest absolute Gasteiger partial charge is 0.383 e. The number of nitrogens with two attached hydrogens (primary N) is 2. The molecule has 3 nitrogen and oxygen atoms in total. The van der Waals surface area contributed by atoms with E-state index in [1.165, 1.54) is 0 Å². The SMILES string of the molecule is Cc1cc2cc(CN)ccc2c(N)n1. The van der Waals surface area contributed by atoms with Crippen LogP contribution in [-0.2, 0) is 6.54 Å². The van der Waals surface area contributed by atoms with Crippen molar-refractivity contribution in [3.8, 4) is 0 Å². The van der Waals surface area contributed by atoms with Crippen LogP contribution in [0.2, 0.25) is 0 Å². The van der Waals surface area contributed by atoms with Crippen molar-refractivity contribution in [1.29, 1.82) is 0 Å². The van der Waals surface area contributed by atoms with Gasteiger partial charge in [0, 0.05) is 17.6 Å². The molecule has 0 aliphatic heterocycles. The van der Waals surface area contributed by atoms with E-state index in [1.807, 2.05) is 25.1 Å². The third-order valence-corrected chi connectivity index (χ3v) is 2.29. The Morgan fingerprint density at radius 3 is 2.79 bits per heavy atom. The van der Waals surface area contributed by atoms with E-state index < -0.39 is 0 Å². The molecule has 0 saturated carbocycles. The van der Waals surface area contributed by atoms with Crippen molar-refractivity contribution in [2.24, 2.45) is 5.73 Å². The van der Waals surface area contributed by atoms with Crippen LogP contribution >= 0.6 is 0 Å². The average Bonchev–Trinajstić information content (AvgIpc) is 2.16. The van der Waals surface area contributed by atoms with E-state index in [9.17, 15) is 0 Å². The molecular weight excluding hydrogens is 174 g/mol. The Bertz CT molecular complexity index is 477. The first-order valence-corrected chi connectivity index (χ1v) is 4.56. The van der Waals surface area contributed by atoms with E-state index in [1.54, 1.807) is 0 Å². The van der Waals surface area contributed by atoms with Crippen LogP contribution in [0.1, 0.15) is 11.3 Å². The fraction of sp³-hybridized carbons (Fsp3) is 0.182. The highest BCUT2D eigenvalue weighted by Crippen LogP contribution is 2.21. The summed E-state index contributed by atoms with van der Waals surface area (Å²) in [5.41, 5.74) is 13.4. The number of fused-ring (bicyclic) bond motifs is 1. The summed E-state index contributed by atoms with van der Waals surface area (Å²) in [5.74, 6) is 0.587. The predicted octanol–water partition coefficient (Wildman–Crippen LogP) is 1.58. The summed E-state index contributed by atoms with van der Waals surface area (Å²) in [6.45, 7) is 2.49. The maximum absolute atomic E-state index is 5.81. The number of hydrogen-bond acceptors (Lipinski definition) is 3. The molecule has 0 bridgehead atoms. The Morgan fingerprint density at radius 1 is 1.29 bits per heavy atom. The summed E-state index contributed by atoms with van der Waals surface area (Å²) >= 11 is 0. The summed E-state index contributed by atoms with van der Waals surface area (Å²) in [5, 5.41) is 2.10. The number of rotatable bonds is 1. The normalized spacial score (nSPS) is 10.7. The number of benzene rings is 1. The zero-order valence-electron chi connectivity index (χ0n) is 8.12. The molecule has 4 N–H and O–H groups in total. The van der Waals surface area contributed by atoms with Crippen LogP contribution in [0.3, 0.4) is 0 Å². The van der Waals surface area contributed by atoms with Crippen molar-refractivity contribution in [2.75, 3.05) is 5.73 Å². The van der Waals surface area contributed by atoms with Crippen LogP contribution in [0.25, 0.3) is 10.8 Å². The lowest BCUT2D eigenvalue weighted by Crippen LogP contribution is -1.98. The van der Waals surface area contributed by atoms with Gasteiger partial charge >= 0.3 is 0 Å². The van der Waals surface area contributed by atoms with Crippen molar-refractivity contribution in [3.05, 3.63) is 35.5 Å². The van der Waals surface area contributed by atoms with Gasteiger partial charge in [-0.25, -0.2) is 4.98 Å². The van der Waals surface area contributed by atoms with Gasteiger partial charge in [0.1, 0.15) is 5.82 Å². The molecule has 0 amide bonds. The third kappa shape index (κ3) is 1.42. The van der Waals surface area contributed by atoms with Gasteiger partial charge in [0.05, 0.1) is 0 Å². The first-order chi connectivity index (χ1) is 6.70. The van der Waals surface area contributed by atoms with E-state index in [0.29, 0.717) is 12.4 Å². The lowest BCUT2D eigenvalue weighted by Gasteiger charge is -2.04. The molecule has 0 atom stereocenters. The summed E-state index contributed by atoms with van der Waals surface area (Å²) < 4.78 is 0. The van der Waals surface area contributed by atoms with E-state index in [4.69, 9.17) is 11.5 Å². The summed E-state index contributed by atoms with van der Waals surface area (Å²) in [6, 6.07) is 8.03. The van der Waals surface area contributed by atoms with Crippen LogP contribution in [0.4, 0.5) is 5.82 Å². The highest BCUT2D eigenvalue weighted by Gasteiger charge is 2.01. The molecule has 72 valence electrons. The van der Waals surface area contributed by atoms with Crippen LogP contribution in [0, 0.1) is 6.92 Å². The molecule has 0 radical (unpaired) electrons. The van der Waals surface area contributed by atoms with Crippen LogP contribution in [-0.4, -0.2) is 4.98 Å². The van der Waals surface area contributed by atoms with E-state index in [0.717, 1.165) is 22.0 Å². The Morgan fingerprint density at radius 2 is 2.07 bits per heavy atom. The summed E-state index contributed by atoms with van der Waals surface area (Å²) in [7, 11) is 0. The molecule has 1 heterocycles. The van der Waals surface area contributed by atoms with Crippen molar-refractivity contribution in [1.82, 2.24) is 4.98 Å². The molecule has 0 aliphatic carbocycles. The van der Waals surface area contributed by atoms with Gasteiger partial charge in [-0.3, -0.25) is 0 Å². The number of pyridine rings is 1. The second kappa shape index (κ2) is 3.27. The average molecular weight is 187 g/mol. The zero-order valence-corrected chi connectivity index (χ0v) is 8.12. The highest BCUT2D eigenvalue weighted by atomic mass is 14.8. The molecule has 1 aromatic carbocycles. The van der Waals surface area contributed by atoms with Gasteiger partial charge in [-0.2, -0.15) is 0 Å². The topological polar surface area (TPSA) is 64.9 Å². The number of hydrogen-bond donors (Lipinski definition) is 2. The standard InChI is InChI=1S/C11H13N3/c1-7-4-9-5-8(6-12)2-3-10(9)11(13)14-7/h2-5H,6,12H2,1H3,(H2,13,14). The molecular formula is C11H13N3. The minimum atomic E-state index is 0.553. The van der Waals surface area contributed by atoms with Crippen molar-refractivity contribution in [3.63, 3.8) is 0 Å². The molecule has 0 unspecified atom stereocenters. The molecule has 0 spiro atoms. The third-order valence-electron chi connectivity index (χ3n) is 2.29. The molecule has 0 aliphatic rings. The van der Waals surface area contributed by atoms with Crippen LogP contribution in [0.15, 0.2) is 24.3 Å². The summed E-state index contributed by atoms with van der Waals surface area (Å²) in [6.07, 6.45) is 0. The van der Waals surface area contributed by atoms with Crippen molar-refractivity contribution < 1.29 is 0 Å². The van der Waals surface area contributed by atoms with Gasteiger partial charge < -0.3 is 11.5 Å². The molecule has 2 rings (SSSR count). The Hall–Kier alpha value is -1.61. The minimum Gasteiger partial charge on any atom is -0.383 e. The number of anilines is 1. The zero-order chi connectivity index (χ0) is 10.1. The Labute approximate surface area is 82.7 Å². The molecule has 1 aromatic heterocycles. The van der Waals surface area contributed by atoms with E-state index >= 15 is 0 Å².